The van der Waals surface area contributed by atoms with Crippen LogP contribution >= 0.6 is 0 Å². The molecule has 0 unspecified atom stereocenters. The van der Waals surface area contributed by atoms with Gasteiger partial charge in [-0.15, -0.1) is 0 Å². The number of methoxy groups -OCH3 is 1. The molecule has 0 atom stereocenters. The summed E-state index contributed by atoms with van der Waals surface area (Å²) in [4.78, 5) is 12.7. The average Bonchev–Trinajstić information content (AvgIpc) is 2.48. The number of rotatable bonds is 4. The van der Waals surface area contributed by atoms with E-state index in [1.807, 2.05) is 0 Å². The molecule has 21 heavy (non-hydrogen) atoms. The lowest BCUT2D eigenvalue weighted by atomic mass is 10.3. The standard InChI is InChI=1S/C13H17FN2O4S/c1-20-13(17)10-15-6-8-16(9-7-15)21(18,19)12-5-3-2-4-11(12)14/h2-5H,6-10H2,1H3. The van der Waals surface area contributed by atoms with Crippen molar-refractivity contribution in [3.05, 3.63) is 30.1 Å². The number of carbonyl (C=O) groups excluding carboxylic acids is 1. The van der Waals surface area contributed by atoms with Gasteiger partial charge in [0, 0.05) is 26.2 Å². The van der Waals surface area contributed by atoms with E-state index in [9.17, 15) is 17.6 Å². The van der Waals surface area contributed by atoms with E-state index in [1.54, 1.807) is 4.90 Å². The molecule has 1 aromatic rings. The number of carbonyl (C=O) groups is 1. The summed E-state index contributed by atoms with van der Waals surface area (Å²) in [6, 6.07) is 5.32. The highest BCUT2D eigenvalue weighted by molar-refractivity contribution is 7.89. The number of hydrogen-bond acceptors (Lipinski definition) is 5. The first kappa shape index (κ1) is 15.9. The smallest absolute Gasteiger partial charge is 0.319 e. The summed E-state index contributed by atoms with van der Waals surface area (Å²) in [6.45, 7) is 1.37. The predicted molar refractivity (Wildman–Crippen MR) is 73.6 cm³/mol. The van der Waals surface area contributed by atoms with Gasteiger partial charge in [-0.3, -0.25) is 9.69 Å². The Balaban J connectivity index is 2.05. The van der Waals surface area contributed by atoms with Gasteiger partial charge in [-0.2, -0.15) is 4.31 Å². The van der Waals surface area contributed by atoms with E-state index in [4.69, 9.17) is 0 Å². The molecule has 0 bridgehead atoms. The SMILES string of the molecule is COC(=O)CN1CCN(S(=O)(=O)c2ccccc2F)CC1. The van der Waals surface area contributed by atoms with Gasteiger partial charge in [0.1, 0.15) is 10.7 Å². The molecular formula is C13H17FN2O4S. The third-order valence-electron chi connectivity index (χ3n) is 3.37. The minimum atomic E-state index is -3.83. The maximum absolute atomic E-state index is 13.7. The van der Waals surface area contributed by atoms with Crippen LogP contribution in [0.2, 0.25) is 0 Å². The number of esters is 1. The Morgan fingerprint density at radius 1 is 1.24 bits per heavy atom. The number of sulfonamides is 1. The summed E-state index contributed by atoms with van der Waals surface area (Å²) in [7, 11) is -2.53. The van der Waals surface area contributed by atoms with Crippen molar-refractivity contribution in [2.45, 2.75) is 4.90 Å². The molecule has 0 saturated carbocycles. The lowest BCUT2D eigenvalue weighted by Crippen LogP contribution is -2.50. The molecule has 116 valence electrons. The molecule has 1 heterocycles. The molecule has 8 heteroatoms. The quantitative estimate of drug-likeness (QED) is 0.748. The number of ether oxygens (including phenoxy) is 1. The zero-order valence-corrected chi connectivity index (χ0v) is 12.5. The highest BCUT2D eigenvalue weighted by Gasteiger charge is 2.30. The number of piperazine rings is 1. The van der Waals surface area contributed by atoms with Gasteiger partial charge < -0.3 is 4.74 Å². The molecule has 0 amide bonds. The Kier molecular flexibility index (Phi) is 4.92. The van der Waals surface area contributed by atoms with Crippen molar-refractivity contribution < 1.29 is 22.3 Å². The van der Waals surface area contributed by atoms with E-state index in [1.165, 1.54) is 29.6 Å². The van der Waals surface area contributed by atoms with Gasteiger partial charge in [0.2, 0.25) is 10.0 Å². The fourth-order valence-corrected chi connectivity index (χ4v) is 3.66. The van der Waals surface area contributed by atoms with Crippen LogP contribution in [0.5, 0.6) is 0 Å². The second-order valence-electron chi connectivity index (χ2n) is 4.69. The lowest BCUT2D eigenvalue weighted by molar-refractivity contribution is -0.142. The largest absolute Gasteiger partial charge is 0.468 e. The number of benzene rings is 1. The third kappa shape index (κ3) is 3.58. The van der Waals surface area contributed by atoms with Crippen molar-refractivity contribution in [2.75, 3.05) is 39.8 Å². The van der Waals surface area contributed by atoms with E-state index < -0.39 is 15.8 Å². The Labute approximate surface area is 123 Å². The van der Waals surface area contributed by atoms with Crippen LogP contribution in [-0.4, -0.2) is 63.4 Å². The second-order valence-corrected chi connectivity index (χ2v) is 6.59. The second kappa shape index (κ2) is 6.50. The normalized spacial score (nSPS) is 17.6. The summed E-state index contributed by atoms with van der Waals surface area (Å²) >= 11 is 0. The lowest BCUT2D eigenvalue weighted by Gasteiger charge is -2.33. The van der Waals surface area contributed by atoms with E-state index >= 15 is 0 Å². The summed E-state index contributed by atoms with van der Waals surface area (Å²) in [5, 5.41) is 0. The Morgan fingerprint density at radius 2 is 1.86 bits per heavy atom. The first-order valence-corrected chi connectivity index (χ1v) is 7.93. The Hall–Kier alpha value is -1.51. The minimum Gasteiger partial charge on any atom is -0.468 e. The average molecular weight is 316 g/mol. The molecule has 2 rings (SSSR count). The highest BCUT2D eigenvalue weighted by atomic mass is 32.2. The molecule has 1 aromatic carbocycles. The first-order valence-electron chi connectivity index (χ1n) is 6.49. The predicted octanol–water partition coefficient (Wildman–Crippen LogP) is 0.305. The van der Waals surface area contributed by atoms with E-state index in [0.29, 0.717) is 13.1 Å². The van der Waals surface area contributed by atoms with Crippen LogP contribution < -0.4 is 0 Å². The molecule has 6 nitrogen and oxygen atoms in total. The van der Waals surface area contributed by atoms with Crippen LogP contribution in [0.1, 0.15) is 0 Å². The van der Waals surface area contributed by atoms with Crippen LogP contribution in [0.3, 0.4) is 0 Å². The fourth-order valence-electron chi connectivity index (χ4n) is 2.17. The van der Waals surface area contributed by atoms with Crippen LogP contribution in [0, 0.1) is 5.82 Å². The molecule has 1 aliphatic heterocycles. The molecule has 0 radical (unpaired) electrons. The summed E-state index contributed by atoms with van der Waals surface area (Å²) < 4.78 is 44.2. The van der Waals surface area contributed by atoms with Crippen LogP contribution in [0.15, 0.2) is 29.2 Å². The number of halogens is 1. The van der Waals surface area contributed by atoms with Gasteiger partial charge in [-0.25, -0.2) is 12.8 Å². The van der Waals surface area contributed by atoms with Gasteiger partial charge >= 0.3 is 5.97 Å². The van der Waals surface area contributed by atoms with Crippen molar-refractivity contribution in [2.24, 2.45) is 0 Å². The maximum Gasteiger partial charge on any atom is 0.319 e. The number of hydrogen-bond donors (Lipinski definition) is 0. The Morgan fingerprint density at radius 3 is 2.43 bits per heavy atom. The summed E-state index contributed by atoms with van der Waals surface area (Å²) in [5.74, 6) is -1.12. The molecule has 1 saturated heterocycles. The third-order valence-corrected chi connectivity index (χ3v) is 5.30. The van der Waals surface area contributed by atoms with Crippen molar-refractivity contribution in [3.63, 3.8) is 0 Å². The molecular weight excluding hydrogens is 299 g/mol. The highest BCUT2D eigenvalue weighted by Crippen LogP contribution is 2.20. The summed E-state index contributed by atoms with van der Waals surface area (Å²) in [6.07, 6.45) is 0. The molecule has 0 aromatic heterocycles. The summed E-state index contributed by atoms with van der Waals surface area (Å²) in [5.41, 5.74) is 0. The molecule has 0 spiro atoms. The monoisotopic (exact) mass is 316 g/mol. The van der Waals surface area contributed by atoms with Crippen molar-refractivity contribution >= 4 is 16.0 Å². The van der Waals surface area contributed by atoms with E-state index in [2.05, 4.69) is 4.74 Å². The zero-order chi connectivity index (χ0) is 15.5. The Bertz CT molecular complexity index is 612. The fraction of sp³-hybridized carbons (Fsp3) is 0.462. The molecule has 0 aliphatic carbocycles. The van der Waals surface area contributed by atoms with Crippen LogP contribution in [-0.2, 0) is 19.6 Å². The zero-order valence-electron chi connectivity index (χ0n) is 11.7. The number of nitrogens with zero attached hydrogens (tertiary/aromatic N) is 2. The minimum absolute atomic E-state index is 0.129. The molecule has 0 N–H and O–H groups in total. The molecule has 1 fully saturated rings. The van der Waals surface area contributed by atoms with E-state index in [0.717, 1.165) is 6.07 Å². The van der Waals surface area contributed by atoms with E-state index in [-0.39, 0.29) is 30.5 Å². The van der Waals surface area contributed by atoms with Crippen molar-refractivity contribution in [1.82, 2.24) is 9.21 Å². The van der Waals surface area contributed by atoms with Gasteiger partial charge in [0.25, 0.3) is 0 Å². The van der Waals surface area contributed by atoms with Gasteiger partial charge in [0.05, 0.1) is 13.7 Å². The van der Waals surface area contributed by atoms with Gasteiger partial charge in [-0.05, 0) is 12.1 Å². The maximum atomic E-state index is 13.7. The van der Waals surface area contributed by atoms with Gasteiger partial charge in [0.15, 0.2) is 0 Å². The first-order chi connectivity index (χ1) is 9.95. The van der Waals surface area contributed by atoms with Crippen molar-refractivity contribution in [1.29, 1.82) is 0 Å². The van der Waals surface area contributed by atoms with Crippen LogP contribution in [0.25, 0.3) is 0 Å². The van der Waals surface area contributed by atoms with Gasteiger partial charge in [-0.1, -0.05) is 12.1 Å². The topological polar surface area (TPSA) is 66.9 Å². The van der Waals surface area contributed by atoms with Crippen molar-refractivity contribution in [3.8, 4) is 0 Å². The van der Waals surface area contributed by atoms with Crippen LogP contribution in [0.4, 0.5) is 4.39 Å². The molecule has 1 aliphatic rings.